The Hall–Kier alpha value is -4.28. The van der Waals surface area contributed by atoms with Gasteiger partial charge in [0.05, 0.1) is 11.4 Å². The quantitative estimate of drug-likeness (QED) is 0.218. The lowest BCUT2D eigenvalue weighted by molar-refractivity contribution is -0.167. The number of aromatic nitrogens is 3. The number of rotatable bonds is 9. The third-order valence-corrected chi connectivity index (χ3v) is 7.17. The standard InChI is InChI=1S/C30H31F2N7O/c1-3-37-15-17-38(18-16-37)30(31,32)24-7-10-25(11-8-24)39(21-40)26-9-6-22(2)28(19-26)36-29-34-14-12-27(35-29)23-5-4-13-33-20-23/h4-14,19-21H,3,15-18H2,1-2H3,(H,34,35,36). The van der Waals surface area contributed by atoms with Gasteiger partial charge in [0.2, 0.25) is 12.4 Å². The number of halogens is 2. The summed E-state index contributed by atoms with van der Waals surface area (Å²) in [5, 5.41) is 3.23. The van der Waals surface area contributed by atoms with E-state index < -0.39 is 6.05 Å². The van der Waals surface area contributed by atoms with E-state index in [-0.39, 0.29) is 5.56 Å². The third kappa shape index (κ3) is 5.83. The lowest BCUT2D eigenvalue weighted by atomic mass is 10.1. The Labute approximate surface area is 232 Å². The fourth-order valence-corrected chi connectivity index (χ4v) is 4.73. The first-order valence-electron chi connectivity index (χ1n) is 13.2. The van der Waals surface area contributed by atoms with Crippen molar-refractivity contribution in [1.82, 2.24) is 24.8 Å². The summed E-state index contributed by atoms with van der Waals surface area (Å²) in [4.78, 5) is 30.0. The van der Waals surface area contributed by atoms with Crippen molar-refractivity contribution in [1.29, 1.82) is 0 Å². The van der Waals surface area contributed by atoms with Crippen LogP contribution < -0.4 is 10.2 Å². The Kier molecular flexibility index (Phi) is 8.09. The van der Waals surface area contributed by atoms with Crippen molar-refractivity contribution in [2.24, 2.45) is 0 Å². The molecule has 0 saturated carbocycles. The molecule has 1 saturated heterocycles. The highest BCUT2D eigenvalue weighted by molar-refractivity contribution is 5.88. The van der Waals surface area contributed by atoms with Gasteiger partial charge in [-0.25, -0.2) is 14.9 Å². The van der Waals surface area contributed by atoms with E-state index in [9.17, 15) is 4.79 Å². The van der Waals surface area contributed by atoms with Crippen molar-refractivity contribution in [2.45, 2.75) is 19.9 Å². The molecule has 10 heteroatoms. The van der Waals surface area contributed by atoms with Crippen molar-refractivity contribution in [3.63, 3.8) is 0 Å². The van der Waals surface area contributed by atoms with Gasteiger partial charge in [-0.05, 0) is 73.6 Å². The fraction of sp³-hybridized carbons (Fsp3) is 0.267. The van der Waals surface area contributed by atoms with Gasteiger partial charge < -0.3 is 10.2 Å². The predicted octanol–water partition coefficient (Wildman–Crippen LogP) is 5.57. The molecule has 5 rings (SSSR count). The van der Waals surface area contributed by atoms with Crippen LogP contribution in [0.25, 0.3) is 11.3 Å². The lowest BCUT2D eigenvalue weighted by Gasteiger charge is -2.38. The van der Waals surface area contributed by atoms with Crippen LogP contribution >= 0.6 is 0 Å². The van der Waals surface area contributed by atoms with Crippen molar-refractivity contribution in [3.8, 4) is 11.3 Å². The number of pyridine rings is 1. The molecule has 1 aliphatic heterocycles. The molecule has 40 heavy (non-hydrogen) atoms. The summed E-state index contributed by atoms with van der Waals surface area (Å²) in [6.07, 6.45) is 5.76. The number of piperazine rings is 1. The molecular weight excluding hydrogens is 512 g/mol. The molecule has 2 aromatic heterocycles. The van der Waals surface area contributed by atoms with Crippen molar-refractivity contribution in [3.05, 3.63) is 90.4 Å². The van der Waals surface area contributed by atoms with E-state index >= 15 is 8.78 Å². The smallest absolute Gasteiger partial charge is 0.324 e. The summed E-state index contributed by atoms with van der Waals surface area (Å²) in [6, 6.07) is 13.8. The lowest BCUT2D eigenvalue weighted by Crippen LogP contribution is -2.52. The zero-order chi connectivity index (χ0) is 28.1. The van der Waals surface area contributed by atoms with E-state index in [2.05, 4.69) is 25.2 Å². The van der Waals surface area contributed by atoms with Gasteiger partial charge in [-0.1, -0.05) is 13.0 Å². The molecule has 1 aliphatic rings. The van der Waals surface area contributed by atoms with Crippen LogP contribution in [0.3, 0.4) is 0 Å². The number of carbonyl (C=O) groups is 1. The summed E-state index contributed by atoms with van der Waals surface area (Å²) in [5.41, 5.74) is 4.17. The van der Waals surface area contributed by atoms with Crippen LogP contribution in [0.2, 0.25) is 0 Å². The second-order valence-electron chi connectivity index (χ2n) is 9.62. The number of nitrogens with zero attached hydrogens (tertiary/aromatic N) is 6. The average Bonchev–Trinajstić information content (AvgIpc) is 3.00. The molecule has 206 valence electrons. The first-order valence-corrected chi connectivity index (χ1v) is 13.2. The predicted molar refractivity (Wildman–Crippen MR) is 152 cm³/mol. The minimum Gasteiger partial charge on any atom is -0.324 e. The minimum absolute atomic E-state index is 0.0936. The molecule has 0 unspecified atom stereocenters. The van der Waals surface area contributed by atoms with E-state index in [1.807, 2.05) is 32.0 Å². The minimum atomic E-state index is -3.09. The number of anilines is 4. The Morgan fingerprint density at radius 1 is 1.00 bits per heavy atom. The van der Waals surface area contributed by atoms with E-state index in [1.165, 1.54) is 21.9 Å². The van der Waals surface area contributed by atoms with Gasteiger partial charge in [0, 0.05) is 67.3 Å². The van der Waals surface area contributed by atoms with Gasteiger partial charge in [0.15, 0.2) is 0 Å². The van der Waals surface area contributed by atoms with Gasteiger partial charge in [-0.3, -0.25) is 14.7 Å². The highest BCUT2D eigenvalue weighted by atomic mass is 19.3. The van der Waals surface area contributed by atoms with Crippen LogP contribution in [0.1, 0.15) is 18.1 Å². The monoisotopic (exact) mass is 543 g/mol. The van der Waals surface area contributed by atoms with Crippen molar-refractivity contribution < 1.29 is 13.6 Å². The number of hydrogen-bond donors (Lipinski definition) is 1. The SMILES string of the molecule is CCN1CCN(C(F)(F)c2ccc(N(C=O)c3ccc(C)c(Nc4nccc(-c5cccnc5)n4)c3)cc2)CC1. The second-order valence-corrected chi connectivity index (χ2v) is 9.62. The van der Waals surface area contributed by atoms with Crippen molar-refractivity contribution in [2.75, 3.05) is 42.9 Å². The molecule has 1 fully saturated rings. The van der Waals surface area contributed by atoms with E-state index in [4.69, 9.17) is 0 Å². The normalized spacial score (nSPS) is 14.6. The van der Waals surface area contributed by atoms with Gasteiger partial charge in [-0.2, -0.15) is 8.78 Å². The van der Waals surface area contributed by atoms with Crippen LogP contribution in [0.4, 0.5) is 31.8 Å². The van der Waals surface area contributed by atoms with Gasteiger partial charge >= 0.3 is 6.05 Å². The molecule has 1 N–H and O–H groups in total. The molecular formula is C30H31F2N7O. The third-order valence-electron chi connectivity index (χ3n) is 7.17. The Morgan fingerprint density at radius 3 is 2.42 bits per heavy atom. The number of likely N-dealkylation sites (N-methyl/N-ethyl adjacent to an activating group) is 1. The zero-order valence-corrected chi connectivity index (χ0v) is 22.5. The van der Waals surface area contributed by atoms with Gasteiger partial charge in [0.25, 0.3) is 0 Å². The fourth-order valence-electron chi connectivity index (χ4n) is 4.73. The number of hydrogen-bond acceptors (Lipinski definition) is 7. The molecule has 2 aromatic carbocycles. The Balaban J connectivity index is 1.35. The number of nitrogens with one attached hydrogen (secondary N) is 1. The number of amides is 1. The molecule has 8 nitrogen and oxygen atoms in total. The number of aryl methyl sites for hydroxylation is 1. The molecule has 0 atom stereocenters. The van der Waals surface area contributed by atoms with Crippen molar-refractivity contribution >= 4 is 29.4 Å². The van der Waals surface area contributed by atoms with E-state index in [0.717, 1.165) is 23.4 Å². The molecule has 4 aromatic rings. The molecule has 3 heterocycles. The maximum Gasteiger partial charge on any atom is 0.331 e. The average molecular weight is 544 g/mol. The molecule has 0 spiro atoms. The van der Waals surface area contributed by atoms with Crippen LogP contribution in [0, 0.1) is 6.92 Å². The van der Waals surface area contributed by atoms with Gasteiger partial charge in [0.1, 0.15) is 0 Å². The second kappa shape index (κ2) is 11.8. The maximum absolute atomic E-state index is 15.3. The van der Waals surface area contributed by atoms with E-state index in [0.29, 0.717) is 55.6 Å². The molecule has 0 bridgehead atoms. The Morgan fingerprint density at radius 2 is 1.75 bits per heavy atom. The highest BCUT2D eigenvalue weighted by Gasteiger charge is 2.40. The van der Waals surface area contributed by atoms with Crippen LogP contribution in [0.5, 0.6) is 0 Å². The number of carbonyl (C=O) groups excluding carboxylic acids is 1. The first-order chi connectivity index (χ1) is 19.4. The summed E-state index contributed by atoms with van der Waals surface area (Å²) < 4.78 is 30.5. The molecule has 0 aliphatic carbocycles. The van der Waals surface area contributed by atoms with Crippen LogP contribution in [0.15, 0.2) is 79.3 Å². The highest BCUT2D eigenvalue weighted by Crippen LogP contribution is 2.35. The van der Waals surface area contributed by atoms with Crippen LogP contribution in [-0.2, 0) is 10.8 Å². The maximum atomic E-state index is 15.3. The summed E-state index contributed by atoms with van der Waals surface area (Å²) in [6.45, 7) is 6.66. The zero-order valence-electron chi connectivity index (χ0n) is 22.5. The number of alkyl halides is 2. The number of benzene rings is 2. The van der Waals surface area contributed by atoms with Crippen LogP contribution in [-0.4, -0.2) is 63.9 Å². The summed E-state index contributed by atoms with van der Waals surface area (Å²) in [5.74, 6) is 0.394. The first kappa shape index (κ1) is 27.3. The largest absolute Gasteiger partial charge is 0.331 e. The Bertz CT molecular complexity index is 1440. The van der Waals surface area contributed by atoms with Gasteiger partial charge in [-0.15, -0.1) is 0 Å². The van der Waals surface area contributed by atoms with E-state index in [1.54, 1.807) is 48.9 Å². The topological polar surface area (TPSA) is 77.5 Å². The molecule has 0 radical (unpaired) electrons. The molecule has 1 amide bonds. The summed E-state index contributed by atoms with van der Waals surface area (Å²) >= 11 is 0. The summed E-state index contributed by atoms with van der Waals surface area (Å²) in [7, 11) is 0.